The maximum absolute atomic E-state index is 10.0. The van der Waals surface area contributed by atoms with E-state index in [1.54, 1.807) is 0 Å². The van der Waals surface area contributed by atoms with Gasteiger partial charge in [0.2, 0.25) is 0 Å². The summed E-state index contributed by atoms with van der Waals surface area (Å²) < 4.78 is 0. The Kier molecular flexibility index (Phi) is 2.34. The molecule has 2 N–H and O–H groups in total. The predicted molar refractivity (Wildman–Crippen MR) is 50.4 cm³/mol. The molecule has 0 aromatic carbocycles. The smallest absolute Gasteiger partial charge is 0.0779 e. The summed E-state index contributed by atoms with van der Waals surface area (Å²) in [6, 6.07) is 0. The maximum Gasteiger partial charge on any atom is 0.0779 e. The number of hydrogen-bond acceptors (Lipinski definition) is 3. The van der Waals surface area contributed by atoms with Crippen LogP contribution in [0.1, 0.15) is 26.2 Å². The van der Waals surface area contributed by atoms with Gasteiger partial charge in [0.25, 0.3) is 0 Å². The Morgan fingerprint density at radius 2 is 2.15 bits per heavy atom. The van der Waals surface area contributed by atoms with Crippen molar-refractivity contribution >= 4 is 0 Å². The van der Waals surface area contributed by atoms with Crippen LogP contribution < -0.4 is 0 Å². The van der Waals surface area contributed by atoms with Gasteiger partial charge in [-0.05, 0) is 25.2 Å². The summed E-state index contributed by atoms with van der Waals surface area (Å²) in [4.78, 5) is 2.18. The Morgan fingerprint density at radius 1 is 1.46 bits per heavy atom. The first-order valence-electron chi connectivity index (χ1n) is 5.20. The van der Waals surface area contributed by atoms with Crippen molar-refractivity contribution in [1.29, 1.82) is 0 Å². The Morgan fingerprint density at radius 3 is 2.62 bits per heavy atom. The molecule has 76 valence electrons. The molecular formula is C10H19NO2. The van der Waals surface area contributed by atoms with E-state index in [2.05, 4.69) is 11.8 Å². The second-order valence-corrected chi connectivity index (χ2v) is 4.92. The Hall–Kier alpha value is -0.120. The van der Waals surface area contributed by atoms with E-state index in [9.17, 15) is 10.2 Å². The van der Waals surface area contributed by atoms with Gasteiger partial charge in [-0.2, -0.15) is 0 Å². The number of β-amino-alcohol motifs (C(OH)–C–C–N with tert-alkyl or cyclic N) is 2. The number of hydrogen-bond donors (Lipinski definition) is 2. The first-order chi connectivity index (χ1) is 6.07. The molecule has 1 aliphatic carbocycles. The van der Waals surface area contributed by atoms with E-state index in [0.29, 0.717) is 5.92 Å². The van der Waals surface area contributed by atoms with E-state index in [4.69, 9.17) is 0 Å². The molecule has 2 rings (SSSR count). The summed E-state index contributed by atoms with van der Waals surface area (Å²) in [5, 5.41) is 19.3. The highest BCUT2D eigenvalue weighted by molar-refractivity contribution is 4.95. The van der Waals surface area contributed by atoms with Gasteiger partial charge in [0.1, 0.15) is 0 Å². The standard InChI is InChI=1S/C10H19NO2/c1-8-4-10(13,5-8)7-11-3-2-9(12)6-11/h8-9,12-13H,2-7H2,1H3/t8?,9-,10?/m0/s1. The molecule has 0 amide bonds. The second-order valence-electron chi connectivity index (χ2n) is 4.92. The highest BCUT2D eigenvalue weighted by atomic mass is 16.3. The van der Waals surface area contributed by atoms with Crippen LogP contribution in [-0.4, -0.2) is 46.5 Å². The lowest BCUT2D eigenvalue weighted by atomic mass is 9.72. The predicted octanol–water partition coefficient (Wildman–Crippen LogP) is 0.214. The van der Waals surface area contributed by atoms with Crippen LogP contribution in [0.15, 0.2) is 0 Å². The first-order valence-corrected chi connectivity index (χ1v) is 5.20. The fraction of sp³-hybridized carbons (Fsp3) is 1.00. The molecule has 2 fully saturated rings. The van der Waals surface area contributed by atoms with Gasteiger partial charge >= 0.3 is 0 Å². The van der Waals surface area contributed by atoms with Gasteiger partial charge < -0.3 is 10.2 Å². The molecular weight excluding hydrogens is 166 g/mol. The van der Waals surface area contributed by atoms with Crippen LogP contribution in [0.2, 0.25) is 0 Å². The van der Waals surface area contributed by atoms with E-state index in [-0.39, 0.29) is 6.10 Å². The van der Waals surface area contributed by atoms with Gasteiger partial charge in [0.05, 0.1) is 11.7 Å². The molecule has 0 radical (unpaired) electrons. The lowest BCUT2D eigenvalue weighted by Crippen LogP contribution is -2.51. The quantitative estimate of drug-likeness (QED) is 0.646. The van der Waals surface area contributed by atoms with E-state index in [1.807, 2.05) is 0 Å². The van der Waals surface area contributed by atoms with Gasteiger partial charge in [0.15, 0.2) is 0 Å². The normalized spacial score (nSPS) is 46.4. The number of aliphatic hydroxyl groups excluding tert-OH is 1. The Labute approximate surface area is 79.4 Å². The molecule has 0 bridgehead atoms. The van der Waals surface area contributed by atoms with Crippen molar-refractivity contribution < 1.29 is 10.2 Å². The molecule has 3 heteroatoms. The van der Waals surface area contributed by atoms with Crippen molar-refractivity contribution in [1.82, 2.24) is 4.90 Å². The van der Waals surface area contributed by atoms with Gasteiger partial charge in [-0.15, -0.1) is 0 Å². The van der Waals surface area contributed by atoms with Gasteiger partial charge in [-0.3, -0.25) is 4.90 Å². The van der Waals surface area contributed by atoms with Crippen LogP contribution in [-0.2, 0) is 0 Å². The molecule has 0 aromatic rings. The lowest BCUT2D eigenvalue weighted by Gasteiger charge is -2.44. The van der Waals surface area contributed by atoms with Crippen molar-refractivity contribution in [3.05, 3.63) is 0 Å². The highest BCUT2D eigenvalue weighted by Crippen LogP contribution is 2.38. The highest BCUT2D eigenvalue weighted by Gasteiger charge is 2.42. The van der Waals surface area contributed by atoms with E-state index in [0.717, 1.165) is 38.9 Å². The molecule has 1 heterocycles. The zero-order chi connectivity index (χ0) is 9.47. The third-order valence-electron chi connectivity index (χ3n) is 3.22. The van der Waals surface area contributed by atoms with Crippen molar-refractivity contribution in [3.63, 3.8) is 0 Å². The summed E-state index contributed by atoms with van der Waals surface area (Å²) in [6.45, 7) is 4.62. The summed E-state index contributed by atoms with van der Waals surface area (Å²) in [6.07, 6.45) is 2.56. The minimum Gasteiger partial charge on any atom is -0.392 e. The third-order valence-corrected chi connectivity index (χ3v) is 3.22. The monoisotopic (exact) mass is 185 g/mol. The van der Waals surface area contributed by atoms with Crippen molar-refractivity contribution in [2.75, 3.05) is 19.6 Å². The summed E-state index contributed by atoms with van der Waals surface area (Å²) in [5.41, 5.74) is -0.441. The zero-order valence-corrected chi connectivity index (χ0v) is 8.24. The van der Waals surface area contributed by atoms with Crippen LogP contribution in [0.4, 0.5) is 0 Å². The van der Waals surface area contributed by atoms with Crippen LogP contribution >= 0.6 is 0 Å². The Bertz CT molecular complexity index is 189. The zero-order valence-electron chi connectivity index (χ0n) is 8.24. The number of likely N-dealkylation sites (tertiary alicyclic amines) is 1. The molecule has 3 nitrogen and oxygen atoms in total. The molecule has 0 unspecified atom stereocenters. The van der Waals surface area contributed by atoms with Crippen molar-refractivity contribution in [3.8, 4) is 0 Å². The van der Waals surface area contributed by atoms with Gasteiger partial charge in [-0.25, -0.2) is 0 Å². The fourth-order valence-corrected chi connectivity index (χ4v) is 2.74. The molecule has 1 saturated carbocycles. The third kappa shape index (κ3) is 2.03. The number of rotatable bonds is 2. The minimum absolute atomic E-state index is 0.166. The minimum atomic E-state index is -0.441. The van der Waals surface area contributed by atoms with Crippen LogP contribution in [0.3, 0.4) is 0 Å². The van der Waals surface area contributed by atoms with Crippen molar-refractivity contribution in [2.24, 2.45) is 5.92 Å². The largest absolute Gasteiger partial charge is 0.392 e. The molecule has 0 aromatic heterocycles. The number of aliphatic hydroxyl groups is 2. The average Bonchev–Trinajstić information content (AvgIpc) is 2.32. The average molecular weight is 185 g/mol. The summed E-state index contributed by atoms with van der Waals surface area (Å²) >= 11 is 0. The molecule has 2 aliphatic rings. The Balaban J connectivity index is 1.78. The first kappa shape index (κ1) is 9.44. The topological polar surface area (TPSA) is 43.7 Å². The molecule has 0 spiro atoms. The fourth-order valence-electron chi connectivity index (χ4n) is 2.74. The maximum atomic E-state index is 10.0. The molecule has 13 heavy (non-hydrogen) atoms. The lowest BCUT2D eigenvalue weighted by molar-refractivity contribution is -0.0861. The summed E-state index contributed by atoms with van der Waals surface area (Å²) in [7, 11) is 0. The van der Waals surface area contributed by atoms with Crippen molar-refractivity contribution in [2.45, 2.75) is 37.9 Å². The molecule has 1 saturated heterocycles. The SMILES string of the molecule is CC1CC(O)(CN2CC[C@H](O)C2)C1. The van der Waals surface area contributed by atoms with E-state index >= 15 is 0 Å². The number of nitrogens with zero attached hydrogens (tertiary/aromatic N) is 1. The van der Waals surface area contributed by atoms with Crippen LogP contribution in [0.25, 0.3) is 0 Å². The van der Waals surface area contributed by atoms with Gasteiger partial charge in [-0.1, -0.05) is 6.92 Å². The van der Waals surface area contributed by atoms with E-state index < -0.39 is 5.60 Å². The van der Waals surface area contributed by atoms with Crippen LogP contribution in [0, 0.1) is 5.92 Å². The van der Waals surface area contributed by atoms with E-state index in [1.165, 1.54) is 0 Å². The second kappa shape index (κ2) is 3.23. The van der Waals surface area contributed by atoms with Crippen LogP contribution in [0.5, 0.6) is 0 Å². The van der Waals surface area contributed by atoms with Gasteiger partial charge in [0, 0.05) is 19.6 Å². The molecule has 1 aliphatic heterocycles. The molecule has 1 atom stereocenters. The summed E-state index contributed by atoms with van der Waals surface area (Å²) in [5.74, 6) is 0.678.